The number of carbonyl (C=O) groups excluding carboxylic acids is 2. The summed E-state index contributed by atoms with van der Waals surface area (Å²) in [4.78, 5) is 22.0. The monoisotopic (exact) mass is 267 g/mol. The predicted molar refractivity (Wildman–Crippen MR) is 67.9 cm³/mol. The average Bonchev–Trinajstić information content (AvgIpc) is 2.39. The lowest BCUT2D eigenvalue weighted by Crippen LogP contribution is -2.30. The lowest BCUT2D eigenvalue weighted by atomic mass is 10.3. The van der Waals surface area contributed by atoms with Crippen LogP contribution in [0.3, 0.4) is 0 Å². The Bertz CT molecular complexity index is 429. The zero-order chi connectivity index (χ0) is 14.3. The van der Waals surface area contributed by atoms with Gasteiger partial charge in [-0.1, -0.05) is 0 Å². The van der Waals surface area contributed by atoms with E-state index >= 15 is 0 Å². The topological polar surface area (TPSA) is 87.8 Å². The molecule has 1 amide bonds. The second kappa shape index (κ2) is 7.25. The Hall–Kier alpha value is -2.24. The van der Waals surface area contributed by atoms with Gasteiger partial charge in [0, 0.05) is 0 Å². The first-order valence-corrected chi connectivity index (χ1v) is 5.78. The Balaban J connectivity index is 2.29. The molecule has 0 aromatic heterocycles. The number of hydrogen-bond donors (Lipinski definition) is 1. The van der Waals surface area contributed by atoms with Crippen LogP contribution >= 0.6 is 0 Å². The molecule has 0 saturated heterocycles. The molecule has 0 unspecified atom stereocenters. The van der Waals surface area contributed by atoms with Gasteiger partial charge in [0.1, 0.15) is 11.5 Å². The number of carbonyl (C=O) groups is 2. The van der Waals surface area contributed by atoms with Gasteiger partial charge in [-0.25, -0.2) is 0 Å². The van der Waals surface area contributed by atoms with Crippen LogP contribution < -0.4 is 15.2 Å². The van der Waals surface area contributed by atoms with Gasteiger partial charge in [-0.2, -0.15) is 0 Å². The van der Waals surface area contributed by atoms with Crippen LogP contribution in [-0.4, -0.2) is 31.7 Å². The number of primary amides is 1. The molecule has 0 aliphatic rings. The van der Waals surface area contributed by atoms with E-state index in [1.54, 1.807) is 31.4 Å². The van der Waals surface area contributed by atoms with Crippen molar-refractivity contribution in [1.82, 2.24) is 0 Å². The molecule has 0 heterocycles. The molecule has 0 aliphatic carbocycles. The first-order chi connectivity index (χ1) is 9.02. The third kappa shape index (κ3) is 5.29. The van der Waals surface area contributed by atoms with Crippen molar-refractivity contribution in [3.63, 3.8) is 0 Å². The lowest BCUT2D eigenvalue weighted by molar-refractivity contribution is -0.154. The summed E-state index contributed by atoms with van der Waals surface area (Å²) in [5, 5.41) is 0. The third-order valence-corrected chi connectivity index (χ3v) is 2.34. The molecule has 1 aromatic rings. The van der Waals surface area contributed by atoms with E-state index in [0.717, 1.165) is 5.75 Å². The quantitative estimate of drug-likeness (QED) is 0.741. The van der Waals surface area contributed by atoms with Crippen molar-refractivity contribution >= 4 is 11.9 Å². The minimum Gasteiger partial charge on any atom is -0.497 e. The maximum absolute atomic E-state index is 11.3. The molecule has 0 spiro atoms. The zero-order valence-electron chi connectivity index (χ0n) is 10.9. The van der Waals surface area contributed by atoms with Gasteiger partial charge in [-0.15, -0.1) is 0 Å². The summed E-state index contributed by atoms with van der Waals surface area (Å²) < 4.78 is 15.1. The molecule has 6 nitrogen and oxygen atoms in total. The third-order valence-electron chi connectivity index (χ3n) is 2.34. The number of hydrogen-bond acceptors (Lipinski definition) is 5. The van der Waals surface area contributed by atoms with Crippen molar-refractivity contribution in [3.8, 4) is 11.5 Å². The van der Waals surface area contributed by atoms with Crippen molar-refractivity contribution in [3.05, 3.63) is 24.3 Å². The van der Waals surface area contributed by atoms with Crippen LogP contribution in [-0.2, 0) is 14.3 Å². The van der Waals surface area contributed by atoms with Crippen molar-refractivity contribution < 1.29 is 23.8 Å². The number of rotatable bonds is 7. The second-order valence-corrected chi connectivity index (χ2v) is 3.81. The largest absolute Gasteiger partial charge is 0.497 e. The first kappa shape index (κ1) is 14.8. The maximum Gasteiger partial charge on any atom is 0.310 e. The predicted octanol–water partition coefficient (Wildman–Crippen LogP) is 0.881. The Morgan fingerprint density at radius 1 is 1.21 bits per heavy atom. The SMILES string of the molecule is COc1ccc(OCCC(=O)O[C@@H](C)C(N)=O)cc1. The molecule has 1 aromatic carbocycles. The summed E-state index contributed by atoms with van der Waals surface area (Å²) in [6, 6.07) is 6.97. The highest BCUT2D eigenvalue weighted by Crippen LogP contribution is 2.17. The molecule has 19 heavy (non-hydrogen) atoms. The normalized spacial score (nSPS) is 11.5. The number of amides is 1. The molecule has 0 fully saturated rings. The van der Waals surface area contributed by atoms with Crippen LogP contribution in [0.5, 0.6) is 11.5 Å². The van der Waals surface area contributed by atoms with E-state index < -0.39 is 18.0 Å². The molecular formula is C13H17NO5. The highest BCUT2D eigenvalue weighted by molar-refractivity contribution is 5.81. The van der Waals surface area contributed by atoms with Crippen LogP contribution in [0.4, 0.5) is 0 Å². The molecule has 0 bridgehead atoms. The van der Waals surface area contributed by atoms with Crippen LogP contribution in [0.1, 0.15) is 13.3 Å². The van der Waals surface area contributed by atoms with Gasteiger partial charge in [-0.05, 0) is 31.2 Å². The van der Waals surface area contributed by atoms with Crippen molar-refractivity contribution in [2.45, 2.75) is 19.4 Å². The van der Waals surface area contributed by atoms with E-state index in [2.05, 4.69) is 0 Å². The fourth-order valence-electron chi connectivity index (χ4n) is 1.24. The summed E-state index contributed by atoms with van der Waals surface area (Å²) >= 11 is 0. The smallest absolute Gasteiger partial charge is 0.310 e. The molecule has 2 N–H and O–H groups in total. The van der Waals surface area contributed by atoms with Crippen LogP contribution in [0.25, 0.3) is 0 Å². The van der Waals surface area contributed by atoms with Crippen LogP contribution in [0.2, 0.25) is 0 Å². The number of esters is 1. The molecule has 0 aliphatic heterocycles. The van der Waals surface area contributed by atoms with Gasteiger partial charge in [0.25, 0.3) is 5.91 Å². The summed E-state index contributed by atoms with van der Waals surface area (Å²) in [6.07, 6.45) is -0.877. The summed E-state index contributed by atoms with van der Waals surface area (Å²) in [5.41, 5.74) is 4.97. The molecule has 0 radical (unpaired) electrons. The van der Waals surface area contributed by atoms with Gasteiger partial charge < -0.3 is 19.9 Å². The minimum absolute atomic E-state index is 0.0453. The van der Waals surface area contributed by atoms with E-state index in [4.69, 9.17) is 19.9 Å². The van der Waals surface area contributed by atoms with Crippen molar-refractivity contribution in [2.75, 3.05) is 13.7 Å². The van der Waals surface area contributed by atoms with E-state index in [-0.39, 0.29) is 13.0 Å². The van der Waals surface area contributed by atoms with E-state index in [0.29, 0.717) is 5.75 Å². The van der Waals surface area contributed by atoms with Gasteiger partial charge in [0.05, 0.1) is 20.1 Å². The van der Waals surface area contributed by atoms with Crippen LogP contribution in [0.15, 0.2) is 24.3 Å². The van der Waals surface area contributed by atoms with E-state index in [9.17, 15) is 9.59 Å². The highest BCUT2D eigenvalue weighted by Gasteiger charge is 2.14. The van der Waals surface area contributed by atoms with Crippen LogP contribution in [0, 0.1) is 0 Å². The summed E-state index contributed by atoms with van der Waals surface area (Å²) in [7, 11) is 1.58. The fourth-order valence-corrected chi connectivity index (χ4v) is 1.24. The number of methoxy groups -OCH3 is 1. The van der Waals surface area contributed by atoms with Gasteiger partial charge in [-0.3, -0.25) is 9.59 Å². The molecule has 0 saturated carbocycles. The highest BCUT2D eigenvalue weighted by atomic mass is 16.5. The van der Waals surface area contributed by atoms with Crippen molar-refractivity contribution in [2.24, 2.45) is 5.73 Å². The molecule has 104 valence electrons. The van der Waals surface area contributed by atoms with Gasteiger partial charge >= 0.3 is 5.97 Å². The lowest BCUT2D eigenvalue weighted by Gasteiger charge is -2.10. The molecule has 6 heteroatoms. The number of nitrogens with two attached hydrogens (primary N) is 1. The zero-order valence-corrected chi connectivity index (χ0v) is 10.9. The minimum atomic E-state index is -0.923. The molecular weight excluding hydrogens is 250 g/mol. The van der Waals surface area contributed by atoms with Gasteiger partial charge in [0.15, 0.2) is 6.10 Å². The summed E-state index contributed by atoms with van der Waals surface area (Å²) in [5.74, 6) is 0.142. The van der Waals surface area contributed by atoms with E-state index in [1.807, 2.05) is 0 Å². The average molecular weight is 267 g/mol. The fraction of sp³-hybridized carbons (Fsp3) is 0.385. The Labute approximate surface area is 111 Å². The Kier molecular flexibility index (Phi) is 5.66. The standard InChI is InChI=1S/C13H17NO5/c1-9(13(14)16)19-12(15)7-8-18-11-5-3-10(17-2)4-6-11/h3-6,9H,7-8H2,1-2H3,(H2,14,16)/t9-/m0/s1. The van der Waals surface area contributed by atoms with E-state index in [1.165, 1.54) is 6.92 Å². The van der Waals surface area contributed by atoms with Gasteiger partial charge in [0.2, 0.25) is 0 Å². The maximum atomic E-state index is 11.3. The number of benzene rings is 1. The van der Waals surface area contributed by atoms with Crippen molar-refractivity contribution in [1.29, 1.82) is 0 Å². The Morgan fingerprint density at radius 3 is 2.32 bits per heavy atom. The molecule has 1 atom stereocenters. The Morgan fingerprint density at radius 2 is 1.79 bits per heavy atom. The summed E-state index contributed by atoms with van der Waals surface area (Å²) in [6.45, 7) is 1.58. The second-order valence-electron chi connectivity index (χ2n) is 3.81. The first-order valence-electron chi connectivity index (χ1n) is 5.78. The number of ether oxygens (including phenoxy) is 3. The molecule has 1 rings (SSSR count).